The number of oxazole rings is 1. The summed E-state index contributed by atoms with van der Waals surface area (Å²) in [6.45, 7) is 8.86. The van der Waals surface area contributed by atoms with Gasteiger partial charge in [-0.2, -0.15) is 0 Å². The molecular weight excluding hydrogens is 293 g/mol. The van der Waals surface area contributed by atoms with Gasteiger partial charge in [-0.3, -0.25) is 0 Å². The van der Waals surface area contributed by atoms with Gasteiger partial charge in [0.25, 0.3) is 0 Å². The van der Waals surface area contributed by atoms with Gasteiger partial charge in [0.2, 0.25) is 0 Å². The van der Waals surface area contributed by atoms with E-state index in [4.69, 9.17) is 9.15 Å². The molecule has 0 fully saturated rings. The second kappa shape index (κ2) is 7.62. The highest BCUT2D eigenvalue weighted by molar-refractivity contribution is 5.74. The first-order valence-corrected chi connectivity index (χ1v) is 8.21. The van der Waals surface area contributed by atoms with Gasteiger partial charge in [-0.25, -0.2) is 9.37 Å². The minimum absolute atomic E-state index is 0.255. The maximum absolute atomic E-state index is 12.5. The molecule has 0 saturated carbocycles. The number of fused-ring (bicyclic) bond motifs is 1. The van der Waals surface area contributed by atoms with Crippen molar-refractivity contribution in [2.75, 3.05) is 6.61 Å². The largest absolute Gasteiger partial charge is 0.489 e. The zero-order valence-corrected chi connectivity index (χ0v) is 14.5. The van der Waals surface area contributed by atoms with Crippen LogP contribution in [0.15, 0.2) is 34.5 Å². The van der Waals surface area contributed by atoms with Crippen molar-refractivity contribution in [3.8, 4) is 5.75 Å². The lowest BCUT2D eigenvalue weighted by atomic mass is 9.90. The summed E-state index contributed by atoms with van der Waals surface area (Å²) in [6.07, 6.45) is 4.28. The summed E-state index contributed by atoms with van der Waals surface area (Å²) in [4.78, 5) is 4.51. The molecule has 0 atom stereocenters. The molecule has 1 aromatic heterocycles. The molecule has 0 unspecified atom stereocenters. The lowest BCUT2D eigenvalue weighted by Gasteiger charge is -2.16. The highest BCUT2D eigenvalue weighted by Gasteiger charge is 2.12. The van der Waals surface area contributed by atoms with Gasteiger partial charge in [-0.05, 0) is 42.4 Å². The van der Waals surface area contributed by atoms with Crippen molar-refractivity contribution in [1.82, 2.24) is 4.98 Å². The SMILES string of the molecule is CC/C(=C\F)COc1ccc2nc(CCCC(C)(C)C)oc2c1. The third-order valence-electron chi connectivity index (χ3n) is 3.75. The topological polar surface area (TPSA) is 35.3 Å². The first-order chi connectivity index (χ1) is 10.9. The fraction of sp³-hybridized carbons (Fsp3) is 0.526. The molecule has 4 heteroatoms. The van der Waals surface area contributed by atoms with Crippen molar-refractivity contribution in [3.05, 3.63) is 36.0 Å². The van der Waals surface area contributed by atoms with E-state index in [0.29, 0.717) is 29.5 Å². The van der Waals surface area contributed by atoms with E-state index >= 15 is 0 Å². The highest BCUT2D eigenvalue weighted by atomic mass is 19.1. The number of aromatic nitrogens is 1. The molecule has 0 aliphatic rings. The molecule has 0 bridgehead atoms. The zero-order valence-electron chi connectivity index (χ0n) is 14.5. The number of benzene rings is 1. The third kappa shape index (κ3) is 5.38. The van der Waals surface area contributed by atoms with E-state index < -0.39 is 0 Å². The van der Waals surface area contributed by atoms with Crippen molar-refractivity contribution in [2.24, 2.45) is 5.41 Å². The summed E-state index contributed by atoms with van der Waals surface area (Å²) < 4.78 is 23.9. The Hall–Kier alpha value is -1.84. The van der Waals surface area contributed by atoms with Crippen molar-refractivity contribution in [1.29, 1.82) is 0 Å². The molecule has 2 rings (SSSR count). The van der Waals surface area contributed by atoms with Crippen LogP contribution in [-0.4, -0.2) is 11.6 Å². The summed E-state index contributed by atoms with van der Waals surface area (Å²) in [5.74, 6) is 1.43. The van der Waals surface area contributed by atoms with Gasteiger partial charge in [-0.15, -0.1) is 0 Å². The predicted molar refractivity (Wildman–Crippen MR) is 91.4 cm³/mol. The standard InChI is InChI=1S/C19H26FNO2/c1-5-14(12-20)13-22-15-8-9-16-17(11-15)23-18(21-16)7-6-10-19(2,3)4/h8-9,11-12H,5-7,10,13H2,1-4H3/b14-12+. The Labute approximate surface area is 137 Å². The quantitative estimate of drug-likeness (QED) is 0.643. The Balaban J connectivity index is 2.00. The molecule has 0 N–H and O–H groups in total. The van der Waals surface area contributed by atoms with E-state index in [2.05, 4.69) is 25.8 Å². The second-order valence-electron chi connectivity index (χ2n) is 7.06. The van der Waals surface area contributed by atoms with E-state index in [-0.39, 0.29) is 6.61 Å². The number of rotatable bonds is 7. The number of nitrogens with zero attached hydrogens (tertiary/aromatic N) is 1. The maximum Gasteiger partial charge on any atom is 0.195 e. The molecule has 0 aliphatic carbocycles. The minimum Gasteiger partial charge on any atom is -0.489 e. The molecule has 126 valence electrons. The van der Waals surface area contributed by atoms with Crippen LogP contribution in [0.1, 0.15) is 52.8 Å². The summed E-state index contributed by atoms with van der Waals surface area (Å²) in [7, 11) is 0. The van der Waals surface area contributed by atoms with E-state index in [1.54, 1.807) is 0 Å². The summed E-state index contributed by atoms with van der Waals surface area (Å²) >= 11 is 0. The molecule has 23 heavy (non-hydrogen) atoms. The first-order valence-electron chi connectivity index (χ1n) is 8.21. The number of hydrogen-bond acceptors (Lipinski definition) is 3. The van der Waals surface area contributed by atoms with Crippen LogP contribution >= 0.6 is 0 Å². The summed E-state index contributed by atoms with van der Waals surface area (Å²) in [5, 5.41) is 0. The van der Waals surface area contributed by atoms with Crippen LogP contribution < -0.4 is 4.74 Å². The fourth-order valence-electron chi connectivity index (χ4n) is 2.31. The Morgan fingerprint density at radius 3 is 2.78 bits per heavy atom. The minimum atomic E-state index is 0.255. The monoisotopic (exact) mass is 319 g/mol. The van der Waals surface area contributed by atoms with E-state index in [9.17, 15) is 4.39 Å². The molecule has 3 nitrogen and oxygen atoms in total. The Kier molecular flexibility index (Phi) is 5.80. The highest BCUT2D eigenvalue weighted by Crippen LogP contribution is 2.25. The Morgan fingerprint density at radius 2 is 2.13 bits per heavy atom. The molecule has 0 saturated heterocycles. The number of aryl methyl sites for hydroxylation is 1. The van der Waals surface area contributed by atoms with Crippen molar-refractivity contribution < 1.29 is 13.5 Å². The smallest absolute Gasteiger partial charge is 0.195 e. The van der Waals surface area contributed by atoms with Gasteiger partial charge < -0.3 is 9.15 Å². The van der Waals surface area contributed by atoms with Crippen LogP contribution in [0.3, 0.4) is 0 Å². The van der Waals surface area contributed by atoms with Gasteiger partial charge >= 0.3 is 0 Å². The Bertz CT molecular complexity index is 668. The van der Waals surface area contributed by atoms with Gasteiger partial charge in [-0.1, -0.05) is 27.7 Å². The van der Waals surface area contributed by atoms with Crippen LogP contribution in [0, 0.1) is 5.41 Å². The molecule has 0 radical (unpaired) electrons. The van der Waals surface area contributed by atoms with Crippen molar-refractivity contribution in [3.63, 3.8) is 0 Å². The average Bonchev–Trinajstić information content (AvgIpc) is 2.88. The van der Waals surface area contributed by atoms with Gasteiger partial charge in [0.1, 0.15) is 17.9 Å². The van der Waals surface area contributed by atoms with Crippen LogP contribution in [0.5, 0.6) is 5.75 Å². The predicted octanol–water partition coefficient (Wildman–Crippen LogP) is 5.84. The van der Waals surface area contributed by atoms with Crippen LogP contribution in [0.25, 0.3) is 11.1 Å². The van der Waals surface area contributed by atoms with Crippen LogP contribution in [-0.2, 0) is 6.42 Å². The molecule has 0 amide bonds. The summed E-state index contributed by atoms with van der Waals surface area (Å²) in [5.41, 5.74) is 2.51. The first kappa shape index (κ1) is 17.5. The average molecular weight is 319 g/mol. The Morgan fingerprint density at radius 1 is 1.35 bits per heavy atom. The maximum atomic E-state index is 12.5. The molecule has 1 heterocycles. The third-order valence-corrected chi connectivity index (χ3v) is 3.75. The molecule has 0 spiro atoms. The lowest BCUT2D eigenvalue weighted by molar-refractivity contribution is 0.345. The van der Waals surface area contributed by atoms with Crippen molar-refractivity contribution >= 4 is 11.1 Å². The second-order valence-corrected chi connectivity index (χ2v) is 7.06. The number of ether oxygens (including phenoxy) is 1. The normalized spacial score (nSPS) is 12.8. The molecule has 0 aliphatic heterocycles. The van der Waals surface area contributed by atoms with Crippen LogP contribution in [0.4, 0.5) is 4.39 Å². The van der Waals surface area contributed by atoms with Crippen LogP contribution in [0.2, 0.25) is 0 Å². The van der Waals surface area contributed by atoms with Gasteiger partial charge in [0.15, 0.2) is 11.5 Å². The molecule has 1 aromatic carbocycles. The number of halogens is 1. The van der Waals surface area contributed by atoms with Crippen molar-refractivity contribution in [2.45, 2.75) is 53.4 Å². The molecule has 2 aromatic rings. The molecular formula is C19H26FNO2. The van der Waals surface area contributed by atoms with Gasteiger partial charge in [0, 0.05) is 12.5 Å². The lowest BCUT2D eigenvalue weighted by Crippen LogP contribution is -2.04. The number of hydrogen-bond donors (Lipinski definition) is 0. The zero-order chi connectivity index (χ0) is 16.9. The van der Waals surface area contributed by atoms with E-state index in [1.807, 2.05) is 25.1 Å². The van der Waals surface area contributed by atoms with Gasteiger partial charge in [0.05, 0.1) is 6.33 Å². The van der Waals surface area contributed by atoms with E-state index in [0.717, 1.165) is 36.3 Å². The van der Waals surface area contributed by atoms with E-state index in [1.165, 1.54) is 0 Å². The fourth-order valence-corrected chi connectivity index (χ4v) is 2.31. The summed E-state index contributed by atoms with van der Waals surface area (Å²) in [6, 6.07) is 5.54.